The van der Waals surface area contributed by atoms with Crippen LogP contribution < -0.4 is 0 Å². The van der Waals surface area contributed by atoms with Crippen LogP contribution in [0.25, 0.3) is 0 Å². The molecule has 7 atom stereocenters. The minimum Gasteiger partial charge on any atom is -0.462 e. The van der Waals surface area contributed by atoms with Crippen LogP contribution in [-0.4, -0.2) is 98.6 Å². The number of hydrogen-bond donors (Lipinski definition) is 6. The van der Waals surface area contributed by atoms with E-state index < -0.39 is 78.4 Å². The number of ketones is 1. The predicted molar refractivity (Wildman–Crippen MR) is 245 cm³/mol. The first-order chi connectivity index (χ1) is 30.6. The zero-order valence-electron chi connectivity index (χ0n) is 38.3. The van der Waals surface area contributed by atoms with Crippen molar-refractivity contribution in [2.75, 3.05) is 26.4 Å². The third kappa shape index (κ3) is 33.2. The van der Waals surface area contributed by atoms with Gasteiger partial charge in [-0.25, -0.2) is 9.13 Å². The number of unbranched alkanes of at least 4 members (excludes halogenated alkanes) is 12. The van der Waals surface area contributed by atoms with Gasteiger partial charge in [-0.1, -0.05) is 133 Å². The van der Waals surface area contributed by atoms with E-state index in [2.05, 4.69) is 47.2 Å². The summed E-state index contributed by atoms with van der Waals surface area (Å²) in [6, 6.07) is 0. The second kappa shape index (κ2) is 36.7. The molecule has 1 saturated carbocycles. The molecule has 0 amide bonds. The molecule has 0 heterocycles. The molecule has 1 fully saturated rings. The van der Waals surface area contributed by atoms with E-state index in [1.165, 1.54) is 38.5 Å². The highest BCUT2D eigenvalue weighted by Crippen LogP contribution is 2.44. The summed E-state index contributed by atoms with van der Waals surface area (Å²) in [6.07, 6.45) is 30.1. The Morgan fingerprint density at radius 2 is 1.25 bits per heavy atom. The molecule has 0 saturated heterocycles. The summed E-state index contributed by atoms with van der Waals surface area (Å²) in [5.41, 5.74) is 0. The van der Waals surface area contributed by atoms with Gasteiger partial charge in [-0.3, -0.25) is 28.0 Å². The van der Waals surface area contributed by atoms with Crippen molar-refractivity contribution in [1.29, 1.82) is 0 Å². The van der Waals surface area contributed by atoms with E-state index in [1.807, 2.05) is 12.2 Å². The number of phosphoric ester groups is 2. The molecule has 1 aliphatic rings. The fourth-order valence-electron chi connectivity index (χ4n) is 6.97. The molecule has 64 heavy (non-hydrogen) atoms. The summed E-state index contributed by atoms with van der Waals surface area (Å²) < 4.78 is 47.8. The van der Waals surface area contributed by atoms with Gasteiger partial charge in [0.2, 0.25) is 0 Å². The maximum atomic E-state index is 12.7. The number of carbonyl (C=O) groups is 3. The number of rotatable bonds is 40. The Morgan fingerprint density at radius 3 is 1.94 bits per heavy atom. The Hall–Kier alpha value is -2.33. The quantitative estimate of drug-likeness (QED) is 0.0145. The van der Waals surface area contributed by atoms with E-state index >= 15 is 0 Å². The predicted octanol–water partition coefficient (Wildman–Crippen LogP) is 8.82. The minimum absolute atomic E-state index is 0.00725. The van der Waals surface area contributed by atoms with Crippen LogP contribution in [0.2, 0.25) is 0 Å². The second-order valence-corrected chi connectivity index (χ2v) is 19.1. The fraction of sp³-hybridized carbons (Fsp3) is 0.761. The summed E-state index contributed by atoms with van der Waals surface area (Å²) >= 11 is 0. The van der Waals surface area contributed by atoms with Crippen LogP contribution in [0.3, 0.4) is 0 Å². The first-order valence-electron chi connectivity index (χ1n) is 23.4. The lowest BCUT2D eigenvalue weighted by Gasteiger charge is -2.20. The number of allylic oxidation sites excluding steroid dienone is 6. The lowest BCUT2D eigenvalue weighted by molar-refractivity contribution is -0.161. The van der Waals surface area contributed by atoms with Crippen molar-refractivity contribution in [2.24, 2.45) is 11.8 Å². The lowest BCUT2D eigenvalue weighted by atomic mass is 9.88. The first kappa shape index (κ1) is 59.7. The van der Waals surface area contributed by atoms with Crippen LogP contribution in [-0.2, 0) is 46.6 Å². The topological polar surface area (TPSA) is 253 Å². The molecular weight excluding hydrogens is 870 g/mol. The minimum atomic E-state index is -4.90. The second-order valence-electron chi connectivity index (χ2n) is 16.5. The Bertz CT molecular complexity index is 1480. The van der Waals surface area contributed by atoms with E-state index in [0.29, 0.717) is 44.9 Å². The summed E-state index contributed by atoms with van der Waals surface area (Å²) in [5.74, 6) is -1.91. The Labute approximate surface area is 381 Å². The molecule has 18 heteroatoms. The third-order valence-corrected chi connectivity index (χ3v) is 12.0. The van der Waals surface area contributed by atoms with E-state index in [4.69, 9.17) is 23.8 Å². The van der Waals surface area contributed by atoms with Gasteiger partial charge in [0, 0.05) is 31.1 Å². The molecule has 1 aliphatic carbocycles. The van der Waals surface area contributed by atoms with Crippen molar-refractivity contribution in [1.82, 2.24) is 0 Å². The van der Waals surface area contributed by atoms with Crippen molar-refractivity contribution in [3.05, 3.63) is 48.6 Å². The summed E-state index contributed by atoms with van der Waals surface area (Å²) in [5, 5.41) is 30.5. The number of esters is 2. The molecular formula is C46H80O16P2. The normalized spacial score (nSPS) is 19.6. The molecule has 0 aromatic carbocycles. The van der Waals surface area contributed by atoms with Gasteiger partial charge in [0.25, 0.3) is 0 Å². The number of carbonyl (C=O) groups excluding carboxylic acids is 3. The van der Waals surface area contributed by atoms with Crippen molar-refractivity contribution in [3.63, 3.8) is 0 Å². The number of phosphoric acid groups is 2. The van der Waals surface area contributed by atoms with Crippen LogP contribution in [0, 0.1) is 11.8 Å². The first-order valence-corrected chi connectivity index (χ1v) is 26.5. The maximum Gasteiger partial charge on any atom is 0.472 e. The number of hydrogen-bond acceptors (Lipinski definition) is 13. The largest absolute Gasteiger partial charge is 0.472 e. The van der Waals surface area contributed by atoms with Crippen LogP contribution in [0.5, 0.6) is 0 Å². The van der Waals surface area contributed by atoms with Gasteiger partial charge in [-0.05, 0) is 57.8 Å². The molecule has 0 radical (unpaired) electrons. The molecule has 0 aromatic heterocycles. The molecule has 370 valence electrons. The highest BCUT2D eigenvalue weighted by molar-refractivity contribution is 7.47. The third-order valence-electron chi connectivity index (χ3n) is 10.6. The fourth-order valence-corrected chi connectivity index (χ4v) is 8.12. The standard InChI is InChI=1S/C46H80O16P2/c1-3-5-7-8-9-10-11-12-13-14-15-16-17-18-19-20-26-30-46(52)62-40(37-61-64(56,57)60-35-39(48)34-59-63(53,54)55)36-58-45(51)29-25-22-21-24-28-41-42(44(50)33-43(41)49)32-31-38(47)27-23-6-4-2/h12-13,15-16,18-19,31-32,38-42,44,47-48,50H,3-11,14,17,20-30,33-37H2,1-2H3,(H,56,57)(H2,53,54,55)/b13-12-,16-15-,19-18-,32-31+/t38-,39-,40+,41+,42+,44+/m0/s1. The number of Topliss-reactive ketones (excluding diaryl/α,β-unsaturated/α-hetero) is 1. The average molecular weight is 951 g/mol. The Morgan fingerprint density at radius 1 is 0.688 bits per heavy atom. The number of aliphatic hydroxyl groups is 3. The van der Waals surface area contributed by atoms with Crippen molar-refractivity contribution in [3.8, 4) is 0 Å². The molecule has 1 rings (SSSR count). The van der Waals surface area contributed by atoms with E-state index in [9.17, 15) is 43.7 Å². The smallest absolute Gasteiger partial charge is 0.462 e. The number of ether oxygens (including phenoxy) is 2. The van der Waals surface area contributed by atoms with Gasteiger partial charge in [0.1, 0.15) is 18.5 Å². The van der Waals surface area contributed by atoms with Crippen LogP contribution >= 0.6 is 15.6 Å². The van der Waals surface area contributed by atoms with E-state index in [0.717, 1.165) is 44.9 Å². The average Bonchev–Trinajstić information content (AvgIpc) is 3.51. The van der Waals surface area contributed by atoms with Crippen molar-refractivity contribution < 1.29 is 76.6 Å². The molecule has 0 aliphatic heterocycles. The Balaban J connectivity index is 2.55. The zero-order valence-corrected chi connectivity index (χ0v) is 40.1. The van der Waals surface area contributed by atoms with Gasteiger partial charge in [-0.2, -0.15) is 0 Å². The van der Waals surface area contributed by atoms with Gasteiger partial charge in [-0.15, -0.1) is 0 Å². The summed E-state index contributed by atoms with van der Waals surface area (Å²) in [6.45, 7) is 1.33. The SMILES string of the molecule is CCCCCCCC/C=C\C/C=C\C/C=C\CCCC(=O)O[C@H](COC(=O)CCCCCC[C@H]1C(=O)C[C@@H](O)[C@@H]1/C=C/[C@@H](O)CCCCC)COP(=O)(O)OC[C@@H](O)COP(=O)(O)O. The van der Waals surface area contributed by atoms with E-state index in [1.54, 1.807) is 12.2 Å². The van der Waals surface area contributed by atoms with Gasteiger partial charge in [0.15, 0.2) is 6.10 Å². The monoisotopic (exact) mass is 950 g/mol. The van der Waals surface area contributed by atoms with Crippen LogP contribution in [0.1, 0.15) is 162 Å². The number of aliphatic hydroxyl groups excluding tert-OH is 3. The van der Waals surface area contributed by atoms with E-state index in [-0.39, 0.29) is 36.9 Å². The van der Waals surface area contributed by atoms with Crippen molar-refractivity contribution >= 4 is 33.4 Å². The highest BCUT2D eigenvalue weighted by Gasteiger charge is 2.39. The molecule has 16 nitrogen and oxygen atoms in total. The summed E-state index contributed by atoms with van der Waals surface area (Å²) in [7, 11) is -9.78. The molecule has 0 spiro atoms. The van der Waals surface area contributed by atoms with Crippen LogP contribution in [0.15, 0.2) is 48.6 Å². The Kier molecular flexibility index (Phi) is 34.3. The molecule has 1 unspecified atom stereocenters. The molecule has 6 N–H and O–H groups in total. The summed E-state index contributed by atoms with van der Waals surface area (Å²) in [4.78, 5) is 65.6. The van der Waals surface area contributed by atoms with Gasteiger partial charge < -0.3 is 39.5 Å². The van der Waals surface area contributed by atoms with Gasteiger partial charge >= 0.3 is 27.6 Å². The molecule has 0 bridgehead atoms. The van der Waals surface area contributed by atoms with Crippen LogP contribution in [0.4, 0.5) is 0 Å². The lowest BCUT2D eigenvalue weighted by Crippen LogP contribution is -2.29. The zero-order chi connectivity index (χ0) is 47.5. The maximum absolute atomic E-state index is 12.7. The van der Waals surface area contributed by atoms with Gasteiger partial charge in [0.05, 0.1) is 32.0 Å². The van der Waals surface area contributed by atoms with Crippen molar-refractivity contribution in [2.45, 2.75) is 186 Å². The highest BCUT2D eigenvalue weighted by atomic mass is 31.2. The molecule has 0 aromatic rings.